The Bertz CT molecular complexity index is 574. The second kappa shape index (κ2) is 7.07. The number of carbonyl (C=O) groups excluding carboxylic acids is 2. The number of piperidine rings is 1. The number of halogens is 2. The van der Waals surface area contributed by atoms with Crippen LogP contribution in [-0.4, -0.2) is 35.8 Å². The van der Waals surface area contributed by atoms with Gasteiger partial charge in [0.05, 0.1) is 16.8 Å². The zero-order valence-corrected chi connectivity index (χ0v) is 13.1. The molecule has 120 valence electrons. The molecule has 1 aromatic carbocycles. The highest BCUT2D eigenvalue weighted by Gasteiger charge is 2.28. The van der Waals surface area contributed by atoms with Gasteiger partial charge in [0.15, 0.2) is 0 Å². The zero-order chi connectivity index (χ0) is 16.3. The Morgan fingerprint density at radius 3 is 2.59 bits per heavy atom. The van der Waals surface area contributed by atoms with E-state index in [1.54, 1.807) is 6.92 Å². The van der Waals surface area contributed by atoms with Gasteiger partial charge in [-0.15, -0.1) is 0 Å². The molecule has 7 heteroatoms. The van der Waals surface area contributed by atoms with Gasteiger partial charge in [0, 0.05) is 5.92 Å². The number of benzene rings is 1. The Morgan fingerprint density at radius 1 is 1.41 bits per heavy atom. The van der Waals surface area contributed by atoms with Crippen LogP contribution in [0.2, 0.25) is 5.02 Å². The molecule has 2 rings (SSSR count). The predicted octanol–water partition coefficient (Wildman–Crippen LogP) is 2.00. The Hall–Kier alpha value is -1.66. The van der Waals surface area contributed by atoms with E-state index in [0.717, 1.165) is 6.07 Å². The van der Waals surface area contributed by atoms with Gasteiger partial charge in [0.1, 0.15) is 5.82 Å². The van der Waals surface area contributed by atoms with Crippen molar-refractivity contribution in [3.63, 3.8) is 0 Å². The molecule has 0 aromatic heterocycles. The maximum Gasteiger partial charge on any atom is 0.241 e. The van der Waals surface area contributed by atoms with Crippen molar-refractivity contribution in [2.75, 3.05) is 18.4 Å². The summed E-state index contributed by atoms with van der Waals surface area (Å²) >= 11 is 5.90. The SMILES string of the molecule is C[C@H](C(=O)Nc1ccc(F)cc1Cl)N1CCC(C(N)=O)CC1. The van der Waals surface area contributed by atoms with Crippen LogP contribution in [0.5, 0.6) is 0 Å². The normalized spacial score (nSPS) is 18.0. The van der Waals surface area contributed by atoms with Crippen LogP contribution >= 0.6 is 11.6 Å². The van der Waals surface area contributed by atoms with Crippen LogP contribution in [0.25, 0.3) is 0 Å². The second-order valence-corrected chi connectivity index (χ2v) is 5.91. The maximum absolute atomic E-state index is 13.0. The van der Waals surface area contributed by atoms with Crippen molar-refractivity contribution >= 4 is 29.1 Å². The number of nitrogens with zero attached hydrogens (tertiary/aromatic N) is 1. The summed E-state index contributed by atoms with van der Waals surface area (Å²) in [5.41, 5.74) is 5.68. The van der Waals surface area contributed by atoms with Crippen LogP contribution in [-0.2, 0) is 9.59 Å². The monoisotopic (exact) mass is 327 g/mol. The van der Waals surface area contributed by atoms with Gasteiger partial charge in [-0.2, -0.15) is 0 Å². The lowest BCUT2D eigenvalue weighted by molar-refractivity contribution is -0.124. The molecule has 22 heavy (non-hydrogen) atoms. The molecule has 2 amide bonds. The zero-order valence-electron chi connectivity index (χ0n) is 12.3. The first kappa shape index (κ1) is 16.7. The predicted molar refractivity (Wildman–Crippen MR) is 83.0 cm³/mol. The van der Waals surface area contributed by atoms with Crippen LogP contribution in [0.4, 0.5) is 10.1 Å². The maximum atomic E-state index is 13.0. The molecule has 3 N–H and O–H groups in total. The van der Waals surface area contributed by atoms with Crippen molar-refractivity contribution in [3.8, 4) is 0 Å². The van der Waals surface area contributed by atoms with E-state index >= 15 is 0 Å². The lowest BCUT2D eigenvalue weighted by atomic mass is 9.95. The first-order valence-electron chi connectivity index (χ1n) is 7.17. The largest absolute Gasteiger partial charge is 0.369 e. The van der Waals surface area contributed by atoms with Gasteiger partial charge in [-0.1, -0.05) is 11.6 Å². The van der Waals surface area contributed by atoms with E-state index in [2.05, 4.69) is 5.32 Å². The standard InChI is InChI=1S/C15H19ClFN3O2/c1-9(20-6-4-10(5-7-20)14(18)21)15(22)19-13-3-2-11(17)8-12(13)16/h2-3,8-10H,4-7H2,1H3,(H2,18,21)(H,19,22)/t9-/m1/s1. The fraction of sp³-hybridized carbons (Fsp3) is 0.467. The highest BCUT2D eigenvalue weighted by molar-refractivity contribution is 6.33. The molecular weight excluding hydrogens is 309 g/mol. The lowest BCUT2D eigenvalue weighted by Crippen LogP contribution is -2.47. The quantitative estimate of drug-likeness (QED) is 0.888. The number of rotatable bonds is 4. The minimum Gasteiger partial charge on any atom is -0.369 e. The van der Waals surface area contributed by atoms with Crippen molar-refractivity contribution in [2.24, 2.45) is 11.7 Å². The first-order chi connectivity index (χ1) is 10.4. The van der Waals surface area contributed by atoms with Crippen molar-refractivity contribution in [1.82, 2.24) is 4.90 Å². The highest BCUT2D eigenvalue weighted by atomic mass is 35.5. The summed E-state index contributed by atoms with van der Waals surface area (Å²) in [7, 11) is 0. The van der Waals surface area contributed by atoms with E-state index in [4.69, 9.17) is 17.3 Å². The molecule has 0 spiro atoms. The van der Waals surface area contributed by atoms with Crippen LogP contribution in [0.1, 0.15) is 19.8 Å². The summed E-state index contributed by atoms with van der Waals surface area (Å²) in [5.74, 6) is -1.07. The molecule has 0 saturated carbocycles. The minimum atomic E-state index is -0.454. The van der Waals surface area contributed by atoms with Gasteiger partial charge >= 0.3 is 0 Å². The van der Waals surface area contributed by atoms with Crippen molar-refractivity contribution in [1.29, 1.82) is 0 Å². The molecule has 1 aromatic rings. The molecule has 1 fully saturated rings. The van der Waals surface area contributed by atoms with Crippen molar-refractivity contribution in [3.05, 3.63) is 29.0 Å². The number of primary amides is 1. The minimum absolute atomic E-state index is 0.113. The van der Waals surface area contributed by atoms with E-state index < -0.39 is 5.82 Å². The molecule has 1 aliphatic heterocycles. The Labute approximate surface area is 133 Å². The van der Waals surface area contributed by atoms with Gasteiger partial charge in [-0.25, -0.2) is 4.39 Å². The van der Waals surface area contributed by atoms with Crippen molar-refractivity contribution < 1.29 is 14.0 Å². The third kappa shape index (κ3) is 3.96. The second-order valence-electron chi connectivity index (χ2n) is 5.50. The summed E-state index contributed by atoms with van der Waals surface area (Å²) < 4.78 is 13.0. The smallest absolute Gasteiger partial charge is 0.241 e. The molecule has 0 aliphatic carbocycles. The molecule has 0 radical (unpaired) electrons. The van der Waals surface area contributed by atoms with E-state index in [0.29, 0.717) is 31.6 Å². The molecular formula is C15H19ClFN3O2. The molecule has 0 bridgehead atoms. The number of likely N-dealkylation sites (tertiary alicyclic amines) is 1. The number of hydrogen-bond donors (Lipinski definition) is 2. The molecule has 1 heterocycles. The summed E-state index contributed by atoms with van der Waals surface area (Å²) in [4.78, 5) is 25.4. The van der Waals surface area contributed by atoms with E-state index in [-0.39, 0.29) is 28.8 Å². The summed E-state index contributed by atoms with van der Waals surface area (Å²) in [6.07, 6.45) is 1.31. The molecule has 5 nitrogen and oxygen atoms in total. The molecule has 0 unspecified atom stereocenters. The van der Waals surface area contributed by atoms with Crippen LogP contribution in [0, 0.1) is 11.7 Å². The van der Waals surface area contributed by atoms with E-state index in [1.807, 2.05) is 4.90 Å². The Balaban J connectivity index is 1.94. The van der Waals surface area contributed by atoms with Crippen LogP contribution < -0.4 is 11.1 Å². The first-order valence-corrected chi connectivity index (χ1v) is 7.55. The molecule has 1 atom stereocenters. The number of nitrogens with two attached hydrogens (primary N) is 1. The molecule has 1 aliphatic rings. The number of nitrogens with one attached hydrogen (secondary N) is 1. The molecule has 1 saturated heterocycles. The lowest BCUT2D eigenvalue weighted by Gasteiger charge is -2.34. The Kier molecular flexibility index (Phi) is 5.37. The topological polar surface area (TPSA) is 75.4 Å². The fourth-order valence-electron chi connectivity index (χ4n) is 2.57. The van der Waals surface area contributed by atoms with Crippen molar-refractivity contribution in [2.45, 2.75) is 25.8 Å². The number of anilines is 1. The van der Waals surface area contributed by atoms with E-state index in [1.165, 1.54) is 12.1 Å². The average Bonchev–Trinajstić information content (AvgIpc) is 2.49. The summed E-state index contributed by atoms with van der Waals surface area (Å²) in [5, 5.41) is 2.86. The van der Waals surface area contributed by atoms with Gasteiger partial charge in [0.2, 0.25) is 11.8 Å². The number of hydrogen-bond acceptors (Lipinski definition) is 3. The number of carbonyl (C=O) groups is 2. The fourth-order valence-corrected chi connectivity index (χ4v) is 2.78. The Morgan fingerprint density at radius 2 is 2.05 bits per heavy atom. The summed E-state index contributed by atoms with van der Waals surface area (Å²) in [6.45, 7) is 3.07. The third-order valence-corrected chi connectivity index (χ3v) is 4.36. The van der Waals surface area contributed by atoms with Gasteiger partial charge in [-0.05, 0) is 51.1 Å². The summed E-state index contributed by atoms with van der Waals surface area (Å²) in [6, 6.07) is 3.46. The third-order valence-electron chi connectivity index (χ3n) is 4.05. The van der Waals surface area contributed by atoms with Crippen LogP contribution in [0.15, 0.2) is 18.2 Å². The van der Waals surface area contributed by atoms with Gasteiger partial charge in [-0.3, -0.25) is 14.5 Å². The van der Waals surface area contributed by atoms with E-state index in [9.17, 15) is 14.0 Å². The van der Waals surface area contributed by atoms with Gasteiger partial charge in [0.25, 0.3) is 0 Å². The van der Waals surface area contributed by atoms with Gasteiger partial charge < -0.3 is 11.1 Å². The average molecular weight is 328 g/mol. The highest BCUT2D eigenvalue weighted by Crippen LogP contribution is 2.24. The van der Waals surface area contributed by atoms with Crippen LogP contribution in [0.3, 0.4) is 0 Å². The number of amides is 2.